The standard InChI is InChI=1S/C19H19ClN2O3/c20-14-3-1-4-15(12-14)21-18(23)5-2-10-25-16-7-8-17-13(11-16)6-9-19(24)22-17/h1,3-4,7-8,11-12H,2,5-6,9-10H2,(H,21,23)(H,22,24). The molecule has 2 aromatic rings. The third-order valence-corrected chi connectivity index (χ3v) is 4.13. The zero-order chi connectivity index (χ0) is 17.6. The van der Waals surface area contributed by atoms with Crippen molar-refractivity contribution in [3.63, 3.8) is 0 Å². The summed E-state index contributed by atoms with van der Waals surface area (Å²) in [5, 5.41) is 6.23. The van der Waals surface area contributed by atoms with Crippen LogP contribution in [0.2, 0.25) is 5.02 Å². The molecular weight excluding hydrogens is 340 g/mol. The zero-order valence-corrected chi connectivity index (χ0v) is 14.4. The summed E-state index contributed by atoms with van der Waals surface area (Å²) in [6.45, 7) is 0.452. The van der Waals surface area contributed by atoms with E-state index in [-0.39, 0.29) is 11.8 Å². The van der Waals surface area contributed by atoms with E-state index in [9.17, 15) is 9.59 Å². The van der Waals surface area contributed by atoms with Gasteiger partial charge in [0.1, 0.15) is 5.75 Å². The number of halogens is 1. The van der Waals surface area contributed by atoms with Gasteiger partial charge in [0.2, 0.25) is 11.8 Å². The van der Waals surface area contributed by atoms with E-state index >= 15 is 0 Å². The lowest BCUT2D eigenvalue weighted by Crippen LogP contribution is -2.18. The number of amides is 2. The lowest BCUT2D eigenvalue weighted by Gasteiger charge is -2.17. The highest BCUT2D eigenvalue weighted by atomic mass is 35.5. The summed E-state index contributed by atoms with van der Waals surface area (Å²) < 4.78 is 5.70. The fourth-order valence-corrected chi connectivity index (χ4v) is 2.85. The zero-order valence-electron chi connectivity index (χ0n) is 13.7. The van der Waals surface area contributed by atoms with Crippen LogP contribution < -0.4 is 15.4 Å². The molecule has 130 valence electrons. The molecule has 2 amide bonds. The van der Waals surface area contributed by atoms with E-state index in [1.807, 2.05) is 18.2 Å². The predicted octanol–water partition coefficient (Wildman–Crippen LogP) is 4.02. The van der Waals surface area contributed by atoms with Crippen molar-refractivity contribution in [1.82, 2.24) is 0 Å². The number of fused-ring (bicyclic) bond motifs is 1. The Kier molecular flexibility index (Phi) is 5.56. The Bertz CT molecular complexity index is 792. The SMILES string of the molecule is O=C(CCCOc1ccc2c(c1)CCC(=O)N2)Nc1cccc(Cl)c1. The highest BCUT2D eigenvalue weighted by Crippen LogP contribution is 2.26. The molecule has 5 nitrogen and oxygen atoms in total. The fourth-order valence-electron chi connectivity index (χ4n) is 2.66. The Morgan fingerprint density at radius 1 is 1.20 bits per heavy atom. The molecule has 3 rings (SSSR count). The van der Waals surface area contributed by atoms with E-state index in [4.69, 9.17) is 16.3 Å². The van der Waals surface area contributed by atoms with Crippen molar-refractivity contribution in [1.29, 1.82) is 0 Å². The third kappa shape index (κ3) is 4.97. The van der Waals surface area contributed by atoms with Gasteiger partial charge in [-0.05, 0) is 54.8 Å². The van der Waals surface area contributed by atoms with E-state index in [2.05, 4.69) is 10.6 Å². The molecule has 1 heterocycles. The first-order valence-corrected chi connectivity index (χ1v) is 8.59. The van der Waals surface area contributed by atoms with Crippen LogP contribution >= 0.6 is 11.6 Å². The number of ether oxygens (including phenoxy) is 1. The normalized spacial score (nSPS) is 12.9. The lowest BCUT2D eigenvalue weighted by molar-refractivity contribution is -0.117. The average molecular weight is 359 g/mol. The van der Waals surface area contributed by atoms with Gasteiger partial charge in [-0.1, -0.05) is 17.7 Å². The number of carbonyl (C=O) groups is 2. The monoisotopic (exact) mass is 358 g/mol. The van der Waals surface area contributed by atoms with Crippen LogP contribution in [-0.2, 0) is 16.0 Å². The first-order chi connectivity index (χ1) is 12.1. The van der Waals surface area contributed by atoms with E-state index in [0.29, 0.717) is 36.6 Å². The van der Waals surface area contributed by atoms with Crippen LogP contribution in [0.1, 0.15) is 24.8 Å². The smallest absolute Gasteiger partial charge is 0.224 e. The van der Waals surface area contributed by atoms with Gasteiger partial charge in [0, 0.05) is 29.2 Å². The van der Waals surface area contributed by atoms with E-state index < -0.39 is 0 Å². The van der Waals surface area contributed by atoms with Crippen molar-refractivity contribution in [3.05, 3.63) is 53.1 Å². The highest BCUT2D eigenvalue weighted by Gasteiger charge is 2.15. The molecule has 2 N–H and O–H groups in total. The van der Waals surface area contributed by atoms with Crippen molar-refractivity contribution in [2.45, 2.75) is 25.7 Å². The van der Waals surface area contributed by atoms with E-state index in [0.717, 1.165) is 23.4 Å². The van der Waals surface area contributed by atoms with Crippen LogP contribution in [0.3, 0.4) is 0 Å². The number of carbonyl (C=O) groups excluding carboxylic acids is 2. The van der Waals surface area contributed by atoms with Crippen LogP contribution in [0, 0.1) is 0 Å². The molecule has 0 fully saturated rings. The van der Waals surface area contributed by atoms with Gasteiger partial charge in [-0.25, -0.2) is 0 Å². The Balaban J connectivity index is 1.42. The lowest BCUT2D eigenvalue weighted by atomic mass is 10.0. The Morgan fingerprint density at radius 3 is 2.92 bits per heavy atom. The van der Waals surface area contributed by atoms with Gasteiger partial charge >= 0.3 is 0 Å². The number of aryl methyl sites for hydroxylation is 1. The molecule has 25 heavy (non-hydrogen) atoms. The highest BCUT2D eigenvalue weighted by molar-refractivity contribution is 6.30. The molecule has 0 atom stereocenters. The van der Waals surface area contributed by atoms with E-state index in [1.54, 1.807) is 24.3 Å². The van der Waals surface area contributed by atoms with Gasteiger partial charge in [0.05, 0.1) is 6.61 Å². The molecule has 0 radical (unpaired) electrons. The van der Waals surface area contributed by atoms with Crippen LogP contribution in [0.4, 0.5) is 11.4 Å². The number of nitrogens with one attached hydrogen (secondary N) is 2. The van der Waals surface area contributed by atoms with Crippen molar-refractivity contribution in [3.8, 4) is 5.75 Å². The summed E-state index contributed by atoms with van der Waals surface area (Å²) >= 11 is 5.89. The summed E-state index contributed by atoms with van der Waals surface area (Å²) in [6, 6.07) is 12.7. The molecule has 0 bridgehead atoms. The first-order valence-electron chi connectivity index (χ1n) is 8.21. The summed E-state index contributed by atoms with van der Waals surface area (Å²) in [7, 11) is 0. The first kappa shape index (κ1) is 17.3. The molecule has 0 aromatic heterocycles. The van der Waals surface area contributed by atoms with Crippen LogP contribution in [0.25, 0.3) is 0 Å². The Labute approximate surface area is 151 Å². The van der Waals surface area contributed by atoms with E-state index in [1.165, 1.54) is 0 Å². The maximum atomic E-state index is 11.9. The number of benzene rings is 2. The molecule has 0 aliphatic carbocycles. The third-order valence-electron chi connectivity index (χ3n) is 3.90. The quantitative estimate of drug-likeness (QED) is 0.766. The summed E-state index contributed by atoms with van der Waals surface area (Å²) in [5.41, 5.74) is 2.62. The molecule has 0 saturated heterocycles. The summed E-state index contributed by atoms with van der Waals surface area (Å²) in [6.07, 6.45) is 2.20. The molecule has 1 aliphatic rings. The van der Waals surface area contributed by atoms with Crippen LogP contribution in [0.15, 0.2) is 42.5 Å². The summed E-state index contributed by atoms with van der Waals surface area (Å²) in [5.74, 6) is 0.732. The van der Waals surface area contributed by atoms with Gasteiger partial charge in [-0.2, -0.15) is 0 Å². The second-order valence-corrected chi connectivity index (χ2v) is 6.31. The molecule has 2 aromatic carbocycles. The average Bonchev–Trinajstić information content (AvgIpc) is 2.59. The van der Waals surface area contributed by atoms with Crippen molar-refractivity contribution in [2.24, 2.45) is 0 Å². The van der Waals surface area contributed by atoms with Gasteiger partial charge in [0.25, 0.3) is 0 Å². The minimum atomic E-state index is -0.0704. The number of anilines is 2. The minimum absolute atomic E-state index is 0.0480. The molecule has 1 aliphatic heterocycles. The van der Waals surface area contributed by atoms with Crippen LogP contribution in [-0.4, -0.2) is 18.4 Å². The second kappa shape index (κ2) is 8.03. The maximum Gasteiger partial charge on any atom is 0.224 e. The maximum absolute atomic E-state index is 11.9. The van der Waals surface area contributed by atoms with Crippen LogP contribution in [0.5, 0.6) is 5.75 Å². The molecule has 0 unspecified atom stereocenters. The predicted molar refractivity (Wildman–Crippen MR) is 98.2 cm³/mol. The Morgan fingerprint density at radius 2 is 2.08 bits per heavy atom. The number of rotatable bonds is 6. The molecule has 0 spiro atoms. The molecule has 6 heteroatoms. The van der Waals surface area contributed by atoms with Gasteiger partial charge in [-0.3, -0.25) is 9.59 Å². The summed E-state index contributed by atoms with van der Waals surface area (Å²) in [4.78, 5) is 23.3. The Hall–Kier alpha value is -2.53. The minimum Gasteiger partial charge on any atom is -0.494 e. The van der Waals surface area contributed by atoms with Crippen molar-refractivity contribution >= 4 is 34.8 Å². The molecular formula is C19H19ClN2O3. The van der Waals surface area contributed by atoms with Gasteiger partial charge in [-0.15, -0.1) is 0 Å². The fraction of sp³-hybridized carbons (Fsp3) is 0.263. The topological polar surface area (TPSA) is 67.4 Å². The second-order valence-electron chi connectivity index (χ2n) is 5.88. The largest absolute Gasteiger partial charge is 0.494 e. The number of hydrogen-bond acceptors (Lipinski definition) is 3. The molecule has 0 saturated carbocycles. The van der Waals surface area contributed by atoms with Gasteiger partial charge < -0.3 is 15.4 Å². The number of hydrogen-bond donors (Lipinski definition) is 2. The van der Waals surface area contributed by atoms with Crippen molar-refractivity contribution < 1.29 is 14.3 Å². The van der Waals surface area contributed by atoms with Crippen molar-refractivity contribution in [2.75, 3.05) is 17.2 Å². The van der Waals surface area contributed by atoms with Gasteiger partial charge in [0.15, 0.2) is 0 Å².